The third-order valence-electron chi connectivity index (χ3n) is 5.01. The van der Waals surface area contributed by atoms with Crippen molar-refractivity contribution in [2.24, 2.45) is 4.36 Å². The quantitative estimate of drug-likeness (QED) is 0.313. The fraction of sp³-hybridized carbons (Fsp3) is 0.261. The summed E-state index contributed by atoms with van der Waals surface area (Å²) >= 11 is 1.42. The van der Waals surface area contributed by atoms with Gasteiger partial charge in [-0.25, -0.2) is 23.5 Å². The molecular weight excluding hydrogens is 498 g/mol. The molecule has 12 heteroatoms. The number of benzene rings is 2. The van der Waals surface area contributed by atoms with Gasteiger partial charge in [-0.1, -0.05) is 10.1 Å². The van der Waals surface area contributed by atoms with Crippen LogP contribution in [0.3, 0.4) is 0 Å². The van der Waals surface area contributed by atoms with E-state index in [0.29, 0.717) is 39.8 Å². The Balaban J connectivity index is 1.76. The van der Waals surface area contributed by atoms with Gasteiger partial charge in [-0.15, -0.1) is 11.8 Å². The van der Waals surface area contributed by atoms with Crippen molar-refractivity contribution in [3.63, 3.8) is 0 Å². The van der Waals surface area contributed by atoms with E-state index in [-0.39, 0.29) is 17.4 Å². The van der Waals surface area contributed by atoms with Gasteiger partial charge in [0.2, 0.25) is 5.95 Å². The fourth-order valence-corrected chi connectivity index (χ4v) is 6.00. The molecule has 0 unspecified atom stereocenters. The molecule has 0 spiro atoms. The first-order valence-electron chi connectivity index (χ1n) is 10.7. The predicted molar refractivity (Wildman–Crippen MR) is 134 cm³/mol. The average molecular weight is 523 g/mol. The minimum absolute atomic E-state index is 0.0241. The summed E-state index contributed by atoms with van der Waals surface area (Å²) in [6.07, 6.45) is 2.53. The topological polar surface area (TPSA) is 117 Å². The molecule has 4 rings (SSSR count). The van der Waals surface area contributed by atoms with Crippen LogP contribution in [0.15, 0.2) is 51.9 Å². The molecule has 35 heavy (non-hydrogen) atoms. The smallest absolute Gasteiger partial charge is 0.437 e. The minimum Gasteiger partial charge on any atom is -0.494 e. The lowest BCUT2D eigenvalue weighted by atomic mass is 10.1. The van der Waals surface area contributed by atoms with Crippen molar-refractivity contribution in [2.45, 2.75) is 23.5 Å². The Bertz CT molecular complexity index is 1320. The van der Waals surface area contributed by atoms with E-state index in [9.17, 15) is 18.1 Å². The van der Waals surface area contributed by atoms with Gasteiger partial charge in [0.05, 0.1) is 12.8 Å². The number of carbonyl (C=O) groups is 1. The molecule has 3 N–H and O–H groups in total. The van der Waals surface area contributed by atoms with Gasteiger partial charge in [0.15, 0.2) is 5.82 Å². The Morgan fingerprint density at radius 3 is 2.89 bits per heavy atom. The highest BCUT2D eigenvalue weighted by molar-refractivity contribution is 7.99. The van der Waals surface area contributed by atoms with Crippen LogP contribution in [0.2, 0.25) is 0 Å². The lowest BCUT2D eigenvalue weighted by Crippen LogP contribution is -2.13. The predicted octanol–water partition coefficient (Wildman–Crippen LogP) is 5.78. The van der Waals surface area contributed by atoms with Crippen molar-refractivity contribution in [1.29, 1.82) is 0 Å². The van der Waals surface area contributed by atoms with Gasteiger partial charge in [-0.05, 0) is 60.7 Å². The lowest BCUT2D eigenvalue weighted by Gasteiger charge is -2.19. The van der Waals surface area contributed by atoms with Crippen molar-refractivity contribution in [3.05, 3.63) is 59.8 Å². The van der Waals surface area contributed by atoms with E-state index in [1.54, 1.807) is 18.2 Å². The van der Waals surface area contributed by atoms with Gasteiger partial charge in [0.25, 0.3) is 0 Å². The molecule has 1 aliphatic rings. The van der Waals surface area contributed by atoms with Crippen molar-refractivity contribution < 1.29 is 28.0 Å². The second kappa shape index (κ2) is 10.7. The summed E-state index contributed by atoms with van der Waals surface area (Å²) in [4.78, 5) is 19.9. The zero-order valence-electron chi connectivity index (χ0n) is 18.7. The van der Waals surface area contributed by atoms with Crippen molar-refractivity contribution in [1.82, 2.24) is 9.97 Å². The highest BCUT2D eigenvalue weighted by Crippen LogP contribution is 2.34. The molecule has 1 aliphatic heterocycles. The van der Waals surface area contributed by atoms with E-state index in [1.807, 2.05) is 0 Å². The van der Waals surface area contributed by atoms with Crippen LogP contribution in [-0.4, -0.2) is 44.3 Å². The Kier molecular flexibility index (Phi) is 7.63. The Hall–Kier alpha value is -3.09. The highest BCUT2D eigenvalue weighted by Gasteiger charge is 2.16. The number of thioether (sulfide) groups is 1. The molecular formula is C23H24F2N4O4S2. The van der Waals surface area contributed by atoms with Gasteiger partial charge in [-0.3, -0.25) is 0 Å². The summed E-state index contributed by atoms with van der Waals surface area (Å²) in [6, 6.07) is 9.28. The van der Waals surface area contributed by atoms with Crippen LogP contribution in [0.4, 0.5) is 25.2 Å². The largest absolute Gasteiger partial charge is 0.494 e. The molecule has 1 amide bonds. The normalized spacial score (nSPS) is 14.4. The van der Waals surface area contributed by atoms with E-state index in [2.05, 4.69) is 19.6 Å². The van der Waals surface area contributed by atoms with Crippen LogP contribution in [0.1, 0.15) is 18.4 Å². The highest BCUT2D eigenvalue weighted by atomic mass is 32.3. The summed E-state index contributed by atoms with van der Waals surface area (Å²) in [5, 5.41) is 12.0. The average Bonchev–Trinajstić information content (AvgIpc) is 2.76. The maximum Gasteiger partial charge on any atom is 0.437 e. The molecule has 1 aromatic heterocycles. The summed E-state index contributed by atoms with van der Waals surface area (Å²) in [5.74, 6) is 0.264. The summed E-state index contributed by atoms with van der Waals surface area (Å²) < 4.78 is 48.5. The number of fused-ring (bicyclic) bond motifs is 6. The molecule has 2 heterocycles. The number of carboxylic acid groups (broad SMARTS) is 1. The van der Waals surface area contributed by atoms with Gasteiger partial charge in [0, 0.05) is 28.0 Å². The number of rotatable bonds is 2. The van der Waals surface area contributed by atoms with Crippen LogP contribution in [-0.2, 0) is 15.9 Å². The van der Waals surface area contributed by atoms with E-state index in [4.69, 9.17) is 9.84 Å². The van der Waals surface area contributed by atoms with E-state index in [1.165, 1.54) is 36.2 Å². The number of aromatic nitrogens is 2. The number of hydrogen-bond donors (Lipinski definition) is 4. The summed E-state index contributed by atoms with van der Waals surface area (Å²) in [5.41, 5.74) is 1.63. The number of ether oxygens (including phenoxy) is 1. The van der Waals surface area contributed by atoms with Crippen LogP contribution in [0.25, 0.3) is 11.3 Å². The molecule has 8 nitrogen and oxygen atoms in total. The lowest BCUT2D eigenvalue weighted by molar-refractivity contribution is 0.206. The zero-order chi connectivity index (χ0) is 25.0. The number of thiol groups is 1. The second-order valence-corrected chi connectivity index (χ2v) is 11.9. The van der Waals surface area contributed by atoms with Gasteiger partial charge < -0.3 is 19.7 Å². The van der Waals surface area contributed by atoms with Crippen LogP contribution < -0.4 is 10.1 Å². The third-order valence-corrected chi connectivity index (χ3v) is 7.72. The maximum atomic E-state index is 14.7. The molecule has 0 aliphatic carbocycles. The SMILES string of the molecule is C[SH](O)(Cc1cc2cc(c1)OCCCCSc1cc(F)ccc1-c1nc(ncc1F)N2)=NC(=O)O. The Morgan fingerprint density at radius 1 is 1.26 bits per heavy atom. The third kappa shape index (κ3) is 6.74. The van der Waals surface area contributed by atoms with E-state index < -0.39 is 27.8 Å². The minimum atomic E-state index is -3.10. The van der Waals surface area contributed by atoms with Crippen LogP contribution in [0, 0.1) is 11.6 Å². The number of halogens is 2. The second-order valence-electron chi connectivity index (χ2n) is 8.05. The van der Waals surface area contributed by atoms with Crippen LogP contribution in [0.5, 0.6) is 5.75 Å². The van der Waals surface area contributed by atoms with E-state index in [0.717, 1.165) is 19.0 Å². The fourth-order valence-electron chi connectivity index (χ4n) is 3.61. The Morgan fingerprint density at radius 2 is 2.09 bits per heavy atom. The number of hydrogen-bond acceptors (Lipinski definition) is 6. The Labute approximate surface area is 206 Å². The molecule has 4 bridgehead atoms. The number of nitrogens with zero attached hydrogens (tertiary/aromatic N) is 3. The standard InChI is InChI=1S/C23H24F2N4O4S2/c1-35(32,29-23(30)31)13-14-8-16-11-17(9-14)33-6-2-3-7-34-20-10-15(24)4-5-18(20)21-19(25)12-26-22(27-16)28-21/h4-5,8-12,35H,2-3,6-7,13H2,1H3,(H,29,32)(H,30,31)(H,26,27,28). The summed E-state index contributed by atoms with van der Waals surface area (Å²) in [7, 11) is -3.10. The van der Waals surface area contributed by atoms with Gasteiger partial charge in [0.1, 0.15) is 17.3 Å². The first kappa shape index (κ1) is 25.0. The monoisotopic (exact) mass is 522 g/mol. The van der Waals surface area contributed by atoms with Crippen molar-refractivity contribution >= 4 is 39.6 Å². The number of amides is 1. The maximum absolute atomic E-state index is 14.7. The van der Waals surface area contributed by atoms with Crippen molar-refractivity contribution in [3.8, 4) is 17.0 Å². The number of anilines is 2. The van der Waals surface area contributed by atoms with Crippen LogP contribution >= 0.6 is 11.8 Å². The van der Waals surface area contributed by atoms with Gasteiger partial charge >= 0.3 is 6.09 Å². The molecule has 0 radical (unpaired) electrons. The molecule has 3 aromatic rings. The van der Waals surface area contributed by atoms with Crippen molar-refractivity contribution in [2.75, 3.05) is 23.9 Å². The zero-order valence-corrected chi connectivity index (χ0v) is 20.5. The summed E-state index contributed by atoms with van der Waals surface area (Å²) in [6.45, 7) is 0.420. The molecule has 0 saturated heterocycles. The molecule has 186 valence electrons. The molecule has 0 atom stereocenters. The molecule has 0 saturated carbocycles. The van der Waals surface area contributed by atoms with Gasteiger partial charge in [-0.2, -0.15) is 4.36 Å². The van der Waals surface area contributed by atoms with E-state index >= 15 is 0 Å². The first-order chi connectivity index (χ1) is 16.7. The molecule has 2 aromatic carbocycles. The molecule has 0 fully saturated rings. The first-order valence-corrected chi connectivity index (χ1v) is 14.0. The number of nitrogens with one attached hydrogen (secondary N) is 1.